The van der Waals surface area contributed by atoms with Crippen LogP contribution in [0, 0.1) is 5.82 Å². The standard InChI is InChI=1S/C24H28ClFO4/c1-4-5-6-19-15(8-10-21(27)28)7-9-20(22(19)26)29-14-17-12-18(25)11-16-13-24(2,3)30-23(16)17/h7,9,11-12H,4-6,8,10,13-14H2,1-3H3,(H,27,28). The Kier molecular flexibility index (Phi) is 6.91. The molecule has 0 fully saturated rings. The van der Waals surface area contributed by atoms with Crippen LogP contribution in [0.25, 0.3) is 0 Å². The number of carboxylic acid groups (broad SMARTS) is 1. The lowest BCUT2D eigenvalue weighted by molar-refractivity contribution is -0.136. The zero-order chi connectivity index (χ0) is 21.9. The smallest absolute Gasteiger partial charge is 0.303 e. The predicted octanol–water partition coefficient (Wildman–Crippen LogP) is 6.13. The molecule has 2 aromatic carbocycles. The summed E-state index contributed by atoms with van der Waals surface area (Å²) in [6.07, 6.45) is 3.33. The number of hydrogen-bond donors (Lipinski definition) is 1. The van der Waals surface area contributed by atoms with Gasteiger partial charge < -0.3 is 14.6 Å². The number of benzene rings is 2. The van der Waals surface area contributed by atoms with E-state index < -0.39 is 11.8 Å². The lowest BCUT2D eigenvalue weighted by atomic mass is 9.97. The highest BCUT2D eigenvalue weighted by Crippen LogP contribution is 2.40. The van der Waals surface area contributed by atoms with Gasteiger partial charge in [-0.1, -0.05) is 31.0 Å². The topological polar surface area (TPSA) is 55.8 Å². The van der Waals surface area contributed by atoms with Gasteiger partial charge in [0.25, 0.3) is 0 Å². The van der Waals surface area contributed by atoms with E-state index >= 15 is 4.39 Å². The molecule has 4 nitrogen and oxygen atoms in total. The first kappa shape index (κ1) is 22.4. The summed E-state index contributed by atoms with van der Waals surface area (Å²) in [5.74, 6) is -0.388. The largest absolute Gasteiger partial charge is 0.487 e. The van der Waals surface area contributed by atoms with Crippen molar-refractivity contribution >= 4 is 17.6 Å². The van der Waals surface area contributed by atoms with E-state index in [1.54, 1.807) is 18.2 Å². The fourth-order valence-corrected chi connectivity index (χ4v) is 4.12. The summed E-state index contributed by atoms with van der Waals surface area (Å²) in [5.41, 5.74) is 2.77. The van der Waals surface area contributed by atoms with Gasteiger partial charge in [0.15, 0.2) is 11.6 Å². The van der Waals surface area contributed by atoms with Crippen LogP contribution in [-0.4, -0.2) is 16.7 Å². The summed E-state index contributed by atoms with van der Waals surface area (Å²) >= 11 is 6.27. The average Bonchev–Trinajstić information content (AvgIpc) is 2.98. The minimum absolute atomic E-state index is 0.0272. The zero-order valence-corrected chi connectivity index (χ0v) is 18.4. The molecule has 1 aliphatic rings. The quantitative estimate of drug-likeness (QED) is 0.515. The highest BCUT2D eigenvalue weighted by atomic mass is 35.5. The third kappa shape index (κ3) is 5.25. The van der Waals surface area contributed by atoms with Gasteiger partial charge in [0.2, 0.25) is 0 Å². The third-order valence-corrected chi connectivity index (χ3v) is 5.50. The van der Waals surface area contributed by atoms with Gasteiger partial charge in [-0.25, -0.2) is 4.39 Å². The van der Waals surface area contributed by atoms with E-state index in [1.807, 2.05) is 26.8 Å². The molecule has 0 bridgehead atoms. The first-order valence-electron chi connectivity index (χ1n) is 10.4. The minimum atomic E-state index is -0.894. The second-order valence-corrected chi connectivity index (χ2v) is 8.83. The first-order valence-corrected chi connectivity index (χ1v) is 10.7. The first-order chi connectivity index (χ1) is 14.2. The molecule has 162 valence electrons. The Bertz CT molecular complexity index is 939. The van der Waals surface area contributed by atoms with Crippen LogP contribution < -0.4 is 9.47 Å². The normalized spacial score (nSPS) is 14.3. The summed E-state index contributed by atoms with van der Waals surface area (Å²) in [6, 6.07) is 7.04. The van der Waals surface area contributed by atoms with Crippen molar-refractivity contribution in [2.24, 2.45) is 0 Å². The molecule has 0 spiro atoms. The summed E-state index contributed by atoms with van der Waals surface area (Å²) < 4.78 is 27.1. The molecule has 0 aliphatic carbocycles. The number of fused-ring (bicyclic) bond motifs is 1. The maximum Gasteiger partial charge on any atom is 0.303 e. The fraction of sp³-hybridized carbons (Fsp3) is 0.458. The van der Waals surface area contributed by atoms with Crippen LogP contribution >= 0.6 is 11.6 Å². The third-order valence-electron chi connectivity index (χ3n) is 5.28. The van der Waals surface area contributed by atoms with Gasteiger partial charge in [0.1, 0.15) is 18.0 Å². The van der Waals surface area contributed by atoms with Crippen molar-refractivity contribution in [2.45, 2.75) is 71.5 Å². The van der Waals surface area contributed by atoms with Crippen molar-refractivity contribution in [3.63, 3.8) is 0 Å². The molecule has 0 unspecified atom stereocenters. The van der Waals surface area contributed by atoms with Crippen molar-refractivity contribution < 1.29 is 23.8 Å². The van der Waals surface area contributed by atoms with Crippen LogP contribution in [0.15, 0.2) is 24.3 Å². The Balaban J connectivity index is 1.83. The molecular formula is C24H28ClFO4. The van der Waals surface area contributed by atoms with Crippen LogP contribution in [0.5, 0.6) is 11.5 Å². The van der Waals surface area contributed by atoms with E-state index in [2.05, 4.69) is 0 Å². The maximum atomic E-state index is 15.2. The number of rotatable bonds is 9. The predicted molar refractivity (Wildman–Crippen MR) is 115 cm³/mol. The molecule has 1 N–H and O–H groups in total. The SMILES string of the molecule is CCCCc1c(CCC(=O)O)ccc(OCc2cc(Cl)cc3c2OC(C)(C)C3)c1F. The summed E-state index contributed by atoms with van der Waals surface area (Å²) in [6.45, 7) is 6.20. The van der Waals surface area contributed by atoms with Crippen LogP contribution in [0.2, 0.25) is 5.02 Å². The van der Waals surface area contributed by atoms with Crippen molar-refractivity contribution in [3.05, 3.63) is 57.4 Å². The molecule has 1 aliphatic heterocycles. The Morgan fingerprint density at radius 1 is 1.27 bits per heavy atom. The molecule has 0 saturated carbocycles. The molecule has 3 rings (SSSR count). The van der Waals surface area contributed by atoms with E-state index in [9.17, 15) is 4.79 Å². The zero-order valence-electron chi connectivity index (χ0n) is 17.7. The van der Waals surface area contributed by atoms with E-state index in [1.165, 1.54) is 0 Å². The van der Waals surface area contributed by atoms with E-state index in [4.69, 9.17) is 26.2 Å². The lowest BCUT2D eigenvalue weighted by Crippen LogP contribution is -2.25. The Hall–Kier alpha value is -2.27. The molecule has 1 heterocycles. The van der Waals surface area contributed by atoms with Crippen molar-refractivity contribution in [1.82, 2.24) is 0 Å². The molecule has 0 radical (unpaired) electrons. The number of ether oxygens (including phenoxy) is 2. The lowest BCUT2D eigenvalue weighted by Gasteiger charge is -2.19. The van der Waals surface area contributed by atoms with Gasteiger partial charge in [-0.2, -0.15) is 0 Å². The average molecular weight is 435 g/mol. The van der Waals surface area contributed by atoms with Gasteiger partial charge in [0.05, 0.1) is 0 Å². The number of hydrogen-bond acceptors (Lipinski definition) is 3. The molecule has 6 heteroatoms. The number of aryl methyl sites for hydroxylation is 1. The maximum absolute atomic E-state index is 15.2. The van der Waals surface area contributed by atoms with Gasteiger partial charge in [0, 0.05) is 23.4 Å². The highest BCUT2D eigenvalue weighted by molar-refractivity contribution is 6.30. The number of carboxylic acids is 1. The fourth-order valence-electron chi connectivity index (χ4n) is 3.86. The van der Waals surface area contributed by atoms with Gasteiger partial charge in [-0.15, -0.1) is 0 Å². The molecule has 0 atom stereocenters. The second kappa shape index (κ2) is 9.25. The van der Waals surface area contributed by atoms with E-state index in [-0.39, 0.29) is 24.4 Å². The Morgan fingerprint density at radius 3 is 2.73 bits per heavy atom. The van der Waals surface area contributed by atoms with E-state index in [0.29, 0.717) is 23.4 Å². The molecule has 0 saturated heterocycles. The highest BCUT2D eigenvalue weighted by Gasteiger charge is 2.32. The Morgan fingerprint density at radius 2 is 2.03 bits per heavy atom. The minimum Gasteiger partial charge on any atom is -0.487 e. The molecule has 0 aromatic heterocycles. The summed E-state index contributed by atoms with van der Waals surface area (Å²) in [7, 11) is 0. The van der Waals surface area contributed by atoms with Crippen molar-refractivity contribution in [1.29, 1.82) is 0 Å². The molecule has 0 amide bonds. The number of carbonyl (C=O) groups is 1. The van der Waals surface area contributed by atoms with E-state index in [0.717, 1.165) is 41.7 Å². The summed E-state index contributed by atoms with van der Waals surface area (Å²) in [5, 5.41) is 9.57. The second-order valence-electron chi connectivity index (χ2n) is 8.39. The van der Waals surface area contributed by atoms with Gasteiger partial charge >= 0.3 is 5.97 Å². The van der Waals surface area contributed by atoms with Crippen LogP contribution in [-0.2, 0) is 30.7 Å². The Labute approximate surface area is 182 Å². The molecule has 30 heavy (non-hydrogen) atoms. The number of halogens is 2. The molecule has 2 aromatic rings. The van der Waals surface area contributed by atoms with Gasteiger partial charge in [-0.3, -0.25) is 4.79 Å². The summed E-state index contributed by atoms with van der Waals surface area (Å²) in [4.78, 5) is 10.9. The van der Waals surface area contributed by atoms with Crippen molar-refractivity contribution in [3.8, 4) is 11.5 Å². The van der Waals surface area contributed by atoms with Crippen LogP contribution in [0.3, 0.4) is 0 Å². The van der Waals surface area contributed by atoms with Crippen molar-refractivity contribution in [2.75, 3.05) is 0 Å². The monoisotopic (exact) mass is 434 g/mol. The van der Waals surface area contributed by atoms with Crippen LogP contribution in [0.4, 0.5) is 4.39 Å². The number of aliphatic carboxylic acids is 1. The molecular weight excluding hydrogens is 407 g/mol. The van der Waals surface area contributed by atoms with Gasteiger partial charge in [-0.05, 0) is 68.0 Å². The van der Waals surface area contributed by atoms with Crippen LogP contribution in [0.1, 0.15) is 62.3 Å². The number of unbranched alkanes of at least 4 members (excludes halogenated alkanes) is 1.